The van der Waals surface area contributed by atoms with Gasteiger partial charge in [-0.15, -0.1) is 0 Å². The number of ether oxygens (including phenoxy) is 1. The number of esters is 1. The third kappa shape index (κ3) is 15.2. The molecule has 8 nitrogen and oxygen atoms in total. The molecule has 0 radical (unpaired) electrons. The molecule has 122 valence electrons. The maximum Gasteiger partial charge on any atom is 0.328 e. The molecular weight excluding hydrogens is 294 g/mol. The number of rotatable bonds is 4. The molecule has 0 aromatic rings. The molecule has 1 heterocycles. The van der Waals surface area contributed by atoms with Gasteiger partial charge in [0.05, 0.1) is 6.26 Å². The largest absolute Gasteiger partial charge is 0.478 e. The lowest BCUT2D eigenvalue weighted by Crippen LogP contribution is -2.16. The third-order valence-corrected chi connectivity index (χ3v) is 1.95. The van der Waals surface area contributed by atoms with Crippen LogP contribution < -0.4 is 0 Å². The molecule has 0 spiro atoms. The number of hydrogen-bond acceptors (Lipinski definition) is 5. The van der Waals surface area contributed by atoms with Gasteiger partial charge in [0.2, 0.25) is 5.91 Å². The summed E-state index contributed by atoms with van der Waals surface area (Å²) in [6.45, 7) is 8.84. The van der Waals surface area contributed by atoms with Gasteiger partial charge in [-0.2, -0.15) is 0 Å². The predicted octanol–water partition coefficient (Wildman–Crippen LogP) is 1.16. The highest BCUT2D eigenvalue weighted by Crippen LogP contribution is 2.08. The first-order chi connectivity index (χ1) is 10.2. The molecule has 0 unspecified atom stereocenters. The number of carbonyl (C=O) groups is 4. The third-order valence-electron chi connectivity index (χ3n) is 1.95. The van der Waals surface area contributed by atoms with Crippen molar-refractivity contribution in [1.82, 2.24) is 4.90 Å². The number of likely N-dealkylation sites (tertiary alicyclic amines) is 1. The summed E-state index contributed by atoms with van der Waals surface area (Å²) in [4.78, 5) is 41.2. The van der Waals surface area contributed by atoms with Gasteiger partial charge in [-0.05, 0) is 12.6 Å². The normalized spacial score (nSPS) is 12.4. The minimum atomic E-state index is -1.26. The molecule has 0 aromatic carbocycles. The van der Waals surface area contributed by atoms with Crippen LogP contribution in [0.25, 0.3) is 0 Å². The Morgan fingerprint density at radius 2 is 1.68 bits per heavy atom. The SMILES string of the molecule is C=CN1CCCC1=O.C=COC(C)=O.O=C(O)/C=C\C(=O)O. The lowest BCUT2D eigenvalue weighted by molar-refractivity contribution is -0.135. The van der Waals surface area contributed by atoms with Gasteiger partial charge >= 0.3 is 17.9 Å². The van der Waals surface area contributed by atoms with Crippen LogP contribution in [0.1, 0.15) is 19.8 Å². The van der Waals surface area contributed by atoms with E-state index in [-0.39, 0.29) is 11.9 Å². The molecule has 22 heavy (non-hydrogen) atoms. The van der Waals surface area contributed by atoms with Crippen molar-refractivity contribution in [1.29, 1.82) is 0 Å². The Kier molecular flexibility index (Phi) is 12.7. The first-order valence-electron chi connectivity index (χ1n) is 6.08. The first-order valence-corrected chi connectivity index (χ1v) is 6.08. The van der Waals surface area contributed by atoms with E-state index in [1.807, 2.05) is 0 Å². The average Bonchev–Trinajstić information content (AvgIpc) is 2.83. The molecule has 1 amide bonds. The van der Waals surface area contributed by atoms with Gasteiger partial charge in [0.25, 0.3) is 0 Å². The van der Waals surface area contributed by atoms with Gasteiger partial charge in [0.15, 0.2) is 0 Å². The van der Waals surface area contributed by atoms with E-state index < -0.39 is 11.9 Å². The number of carbonyl (C=O) groups excluding carboxylic acids is 2. The second-order valence-electron chi connectivity index (χ2n) is 3.66. The Morgan fingerprint density at radius 3 is 1.82 bits per heavy atom. The van der Waals surface area contributed by atoms with Crippen molar-refractivity contribution in [3.63, 3.8) is 0 Å². The molecule has 1 aliphatic heterocycles. The fourth-order valence-electron chi connectivity index (χ4n) is 1.12. The fourth-order valence-corrected chi connectivity index (χ4v) is 1.12. The lowest BCUT2D eigenvalue weighted by Gasteiger charge is -2.05. The van der Waals surface area contributed by atoms with Gasteiger partial charge in [-0.3, -0.25) is 9.59 Å². The van der Waals surface area contributed by atoms with E-state index in [4.69, 9.17) is 10.2 Å². The van der Waals surface area contributed by atoms with Crippen molar-refractivity contribution in [2.24, 2.45) is 0 Å². The van der Waals surface area contributed by atoms with Crippen molar-refractivity contribution in [2.75, 3.05) is 6.54 Å². The molecule has 1 fully saturated rings. The summed E-state index contributed by atoms with van der Waals surface area (Å²) in [5.41, 5.74) is 0. The highest BCUT2D eigenvalue weighted by atomic mass is 16.5. The topological polar surface area (TPSA) is 121 Å². The maximum absolute atomic E-state index is 10.7. The predicted molar refractivity (Wildman–Crippen MR) is 77.5 cm³/mol. The second-order valence-corrected chi connectivity index (χ2v) is 3.66. The zero-order valence-electron chi connectivity index (χ0n) is 12.2. The highest BCUT2D eigenvalue weighted by Gasteiger charge is 2.15. The van der Waals surface area contributed by atoms with Crippen molar-refractivity contribution >= 4 is 23.8 Å². The molecule has 0 atom stereocenters. The average molecular weight is 313 g/mol. The van der Waals surface area contributed by atoms with E-state index in [0.29, 0.717) is 18.6 Å². The van der Waals surface area contributed by atoms with Gasteiger partial charge in [-0.25, -0.2) is 9.59 Å². The molecule has 1 rings (SSSR count). The van der Waals surface area contributed by atoms with Gasteiger partial charge in [0, 0.05) is 32.0 Å². The Bertz CT molecular complexity index is 438. The molecule has 0 aromatic heterocycles. The van der Waals surface area contributed by atoms with Crippen LogP contribution in [-0.2, 0) is 23.9 Å². The second kappa shape index (κ2) is 13.1. The van der Waals surface area contributed by atoms with Crippen molar-refractivity contribution in [2.45, 2.75) is 19.8 Å². The van der Waals surface area contributed by atoms with Crippen LogP contribution >= 0.6 is 0 Å². The van der Waals surface area contributed by atoms with Crippen LogP contribution in [0, 0.1) is 0 Å². The van der Waals surface area contributed by atoms with Crippen LogP contribution in [0.5, 0.6) is 0 Å². The summed E-state index contributed by atoms with van der Waals surface area (Å²) >= 11 is 0. The van der Waals surface area contributed by atoms with Crippen LogP contribution in [-0.4, -0.2) is 45.5 Å². The zero-order chi connectivity index (χ0) is 17.5. The summed E-state index contributed by atoms with van der Waals surface area (Å²) < 4.78 is 4.17. The molecule has 1 saturated heterocycles. The molecule has 0 bridgehead atoms. The molecule has 2 N–H and O–H groups in total. The van der Waals surface area contributed by atoms with Gasteiger partial charge in [-0.1, -0.05) is 13.2 Å². The van der Waals surface area contributed by atoms with Crippen molar-refractivity contribution in [3.8, 4) is 0 Å². The molecule has 0 aliphatic carbocycles. The number of carboxylic acids is 2. The van der Waals surface area contributed by atoms with Crippen LogP contribution in [0.4, 0.5) is 0 Å². The van der Waals surface area contributed by atoms with Crippen LogP contribution in [0.2, 0.25) is 0 Å². The Hall–Kier alpha value is -2.90. The minimum absolute atomic E-state index is 0.208. The summed E-state index contributed by atoms with van der Waals surface area (Å²) in [6, 6.07) is 0. The summed E-state index contributed by atoms with van der Waals surface area (Å²) in [5.74, 6) is -2.63. The van der Waals surface area contributed by atoms with E-state index in [1.165, 1.54) is 6.92 Å². The smallest absolute Gasteiger partial charge is 0.328 e. The first kappa shape index (κ1) is 21.4. The van der Waals surface area contributed by atoms with Crippen molar-refractivity contribution in [3.05, 3.63) is 37.8 Å². The van der Waals surface area contributed by atoms with E-state index in [9.17, 15) is 19.2 Å². The fraction of sp³-hybridized carbons (Fsp3) is 0.286. The molecule has 0 saturated carbocycles. The van der Waals surface area contributed by atoms with Gasteiger partial charge < -0.3 is 19.8 Å². The summed E-state index contributed by atoms with van der Waals surface area (Å²) in [6.07, 6.45) is 5.50. The van der Waals surface area contributed by atoms with E-state index in [2.05, 4.69) is 17.9 Å². The molecule has 8 heteroatoms. The monoisotopic (exact) mass is 313 g/mol. The number of hydrogen-bond donors (Lipinski definition) is 2. The summed E-state index contributed by atoms with van der Waals surface area (Å²) in [7, 11) is 0. The van der Waals surface area contributed by atoms with Crippen molar-refractivity contribution < 1.29 is 34.1 Å². The quantitative estimate of drug-likeness (QED) is 0.453. The Balaban J connectivity index is 0. The number of amides is 1. The number of nitrogens with zero attached hydrogens (tertiary/aromatic N) is 1. The number of carboxylic acid groups (broad SMARTS) is 2. The maximum atomic E-state index is 10.7. The zero-order valence-corrected chi connectivity index (χ0v) is 12.2. The van der Waals surface area contributed by atoms with Gasteiger partial charge in [0.1, 0.15) is 0 Å². The van der Waals surface area contributed by atoms with E-state index in [0.717, 1.165) is 19.2 Å². The number of aliphatic carboxylic acids is 2. The molecule has 1 aliphatic rings. The van der Waals surface area contributed by atoms with E-state index in [1.54, 1.807) is 11.1 Å². The Morgan fingerprint density at radius 1 is 1.18 bits per heavy atom. The molecular formula is C14H19NO7. The van der Waals surface area contributed by atoms with Crippen LogP contribution in [0.15, 0.2) is 37.8 Å². The van der Waals surface area contributed by atoms with E-state index >= 15 is 0 Å². The standard InChI is InChI=1S/C6H9NO.C4H4O4.C4H6O2/c1-2-7-5-3-4-6(7)8;5-3(6)1-2-4(7)8;1-3-6-4(2)5/h2H,1,3-5H2;1-2H,(H,5,6)(H,7,8);3H,1H2,2H3/b;2-1-;. The minimum Gasteiger partial charge on any atom is -0.478 e. The summed E-state index contributed by atoms with van der Waals surface area (Å²) in [5, 5.41) is 15.6. The van der Waals surface area contributed by atoms with Crippen LogP contribution in [0.3, 0.4) is 0 Å². The highest BCUT2D eigenvalue weighted by molar-refractivity contribution is 5.89. The Labute approximate surface area is 128 Å². The lowest BCUT2D eigenvalue weighted by atomic mass is 10.4.